The number of para-hydroxylation sites is 1. The SMILES string of the molecule is O=C(O)[C@@H]1CC(O)CN1C(=O)Nc1ccccc1. The van der Waals surface area contributed by atoms with Crippen molar-refractivity contribution in [3.05, 3.63) is 30.3 Å². The van der Waals surface area contributed by atoms with Crippen LogP contribution in [0.4, 0.5) is 10.5 Å². The highest BCUT2D eigenvalue weighted by atomic mass is 16.4. The molecule has 6 heteroatoms. The number of aliphatic hydroxyl groups excluding tert-OH is 1. The average molecular weight is 250 g/mol. The van der Waals surface area contributed by atoms with Crippen LogP contribution in [0.3, 0.4) is 0 Å². The summed E-state index contributed by atoms with van der Waals surface area (Å²) in [5.41, 5.74) is 0.591. The molecule has 1 aromatic rings. The number of urea groups is 1. The monoisotopic (exact) mass is 250 g/mol. The second-order valence-electron chi connectivity index (χ2n) is 4.19. The number of β-amino-alcohol motifs (C(OH)–C–C–N with tert-alkyl or cyclic N) is 1. The molecule has 1 heterocycles. The molecule has 1 aliphatic rings. The van der Waals surface area contributed by atoms with Crippen LogP contribution in [0.5, 0.6) is 0 Å². The number of aliphatic hydroxyl groups is 1. The van der Waals surface area contributed by atoms with E-state index >= 15 is 0 Å². The highest BCUT2D eigenvalue weighted by Crippen LogP contribution is 2.19. The number of hydrogen-bond donors (Lipinski definition) is 3. The van der Waals surface area contributed by atoms with Gasteiger partial charge < -0.3 is 20.4 Å². The Morgan fingerprint density at radius 3 is 2.56 bits per heavy atom. The minimum Gasteiger partial charge on any atom is -0.480 e. The lowest BCUT2D eigenvalue weighted by Gasteiger charge is -2.21. The van der Waals surface area contributed by atoms with Crippen molar-refractivity contribution < 1.29 is 19.8 Å². The summed E-state index contributed by atoms with van der Waals surface area (Å²) in [5, 5.41) is 21.0. The predicted octanol–water partition coefficient (Wildman–Crippen LogP) is 0.738. The standard InChI is InChI=1S/C12H14N2O4/c15-9-6-10(11(16)17)14(7-9)12(18)13-8-4-2-1-3-5-8/h1-5,9-10,15H,6-7H2,(H,13,18)(H,16,17)/t9?,10-/m0/s1. The van der Waals surface area contributed by atoms with Gasteiger partial charge in [-0.25, -0.2) is 9.59 Å². The largest absolute Gasteiger partial charge is 0.480 e. The van der Waals surface area contributed by atoms with Gasteiger partial charge in [-0.1, -0.05) is 18.2 Å². The van der Waals surface area contributed by atoms with Crippen LogP contribution in [0.1, 0.15) is 6.42 Å². The van der Waals surface area contributed by atoms with Crippen molar-refractivity contribution >= 4 is 17.7 Å². The highest BCUT2D eigenvalue weighted by Gasteiger charge is 2.38. The number of benzene rings is 1. The topological polar surface area (TPSA) is 89.9 Å². The molecule has 1 fully saturated rings. The molecule has 1 saturated heterocycles. The first-order valence-corrected chi connectivity index (χ1v) is 5.61. The Balaban J connectivity index is 2.06. The first-order chi connectivity index (χ1) is 8.58. The molecule has 1 aromatic carbocycles. The average Bonchev–Trinajstić information content (AvgIpc) is 2.73. The Morgan fingerprint density at radius 1 is 1.28 bits per heavy atom. The zero-order chi connectivity index (χ0) is 13.1. The molecule has 96 valence electrons. The van der Waals surface area contributed by atoms with Gasteiger partial charge in [-0.2, -0.15) is 0 Å². The quantitative estimate of drug-likeness (QED) is 0.722. The summed E-state index contributed by atoms with van der Waals surface area (Å²) >= 11 is 0. The van der Waals surface area contributed by atoms with Crippen LogP contribution in [0.15, 0.2) is 30.3 Å². The number of carbonyl (C=O) groups excluding carboxylic acids is 1. The third kappa shape index (κ3) is 2.60. The number of anilines is 1. The molecular weight excluding hydrogens is 236 g/mol. The number of carboxylic acid groups (broad SMARTS) is 1. The molecular formula is C12H14N2O4. The van der Waals surface area contributed by atoms with E-state index in [2.05, 4.69) is 5.32 Å². The number of amides is 2. The van der Waals surface area contributed by atoms with Crippen LogP contribution < -0.4 is 5.32 Å². The Morgan fingerprint density at radius 2 is 1.94 bits per heavy atom. The molecule has 0 radical (unpaired) electrons. The van der Waals surface area contributed by atoms with Gasteiger partial charge in [0.2, 0.25) is 0 Å². The minimum atomic E-state index is -1.10. The normalized spacial score (nSPS) is 22.8. The van der Waals surface area contributed by atoms with E-state index in [4.69, 9.17) is 5.11 Å². The first-order valence-electron chi connectivity index (χ1n) is 5.61. The predicted molar refractivity (Wildman–Crippen MR) is 64.2 cm³/mol. The molecule has 6 nitrogen and oxygen atoms in total. The zero-order valence-electron chi connectivity index (χ0n) is 9.61. The zero-order valence-corrected chi connectivity index (χ0v) is 9.61. The fourth-order valence-electron chi connectivity index (χ4n) is 1.99. The number of nitrogens with zero attached hydrogens (tertiary/aromatic N) is 1. The maximum Gasteiger partial charge on any atom is 0.326 e. The highest BCUT2D eigenvalue weighted by molar-refractivity contribution is 5.92. The van der Waals surface area contributed by atoms with Crippen molar-refractivity contribution in [1.82, 2.24) is 4.90 Å². The molecule has 0 aromatic heterocycles. The van der Waals surface area contributed by atoms with E-state index in [-0.39, 0.29) is 13.0 Å². The summed E-state index contributed by atoms with van der Waals surface area (Å²) in [6.07, 6.45) is -0.718. The molecule has 2 atom stereocenters. The Kier molecular flexibility index (Phi) is 3.47. The van der Waals surface area contributed by atoms with E-state index in [0.29, 0.717) is 5.69 Å². The number of hydrogen-bond acceptors (Lipinski definition) is 3. The number of rotatable bonds is 2. The molecule has 0 aliphatic carbocycles. The maximum atomic E-state index is 11.9. The van der Waals surface area contributed by atoms with Crippen LogP contribution in [-0.4, -0.2) is 45.8 Å². The lowest BCUT2D eigenvalue weighted by Crippen LogP contribution is -2.43. The van der Waals surface area contributed by atoms with Crippen LogP contribution in [0, 0.1) is 0 Å². The number of aliphatic carboxylic acids is 1. The van der Waals surface area contributed by atoms with Gasteiger partial charge >= 0.3 is 12.0 Å². The number of likely N-dealkylation sites (tertiary alicyclic amines) is 1. The molecule has 2 rings (SSSR count). The van der Waals surface area contributed by atoms with Crippen molar-refractivity contribution in [1.29, 1.82) is 0 Å². The summed E-state index contributed by atoms with van der Waals surface area (Å²) in [6, 6.07) is 7.29. The number of carboxylic acids is 1. The maximum absolute atomic E-state index is 11.9. The Labute approximate surface area is 104 Å². The van der Waals surface area contributed by atoms with E-state index in [0.717, 1.165) is 4.90 Å². The molecule has 2 amide bonds. The van der Waals surface area contributed by atoms with Crippen LogP contribution in [-0.2, 0) is 4.79 Å². The van der Waals surface area contributed by atoms with Gasteiger partial charge in [-0.3, -0.25) is 0 Å². The Bertz CT molecular complexity index is 449. The van der Waals surface area contributed by atoms with Crippen molar-refractivity contribution in [3.63, 3.8) is 0 Å². The van der Waals surface area contributed by atoms with Crippen LogP contribution in [0.25, 0.3) is 0 Å². The molecule has 1 unspecified atom stereocenters. The van der Waals surface area contributed by atoms with Gasteiger partial charge in [0.05, 0.1) is 6.10 Å². The fourth-order valence-corrected chi connectivity index (χ4v) is 1.99. The fraction of sp³-hybridized carbons (Fsp3) is 0.333. The molecule has 18 heavy (non-hydrogen) atoms. The van der Waals surface area contributed by atoms with Gasteiger partial charge in [-0.05, 0) is 12.1 Å². The van der Waals surface area contributed by atoms with Gasteiger partial charge in [-0.15, -0.1) is 0 Å². The summed E-state index contributed by atoms with van der Waals surface area (Å²) in [6.45, 7) is 0.0373. The van der Waals surface area contributed by atoms with E-state index in [9.17, 15) is 14.7 Å². The van der Waals surface area contributed by atoms with Crippen molar-refractivity contribution in [2.45, 2.75) is 18.6 Å². The van der Waals surface area contributed by atoms with Crippen LogP contribution in [0.2, 0.25) is 0 Å². The summed E-state index contributed by atoms with van der Waals surface area (Å²) in [5.74, 6) is -1.10. The van der Waals surface area contributed by atoms with E-state index in [1.807, 2.05) is 6.07 Å². The van der Waals surface area contributed by atoms with Gasteiger partial charge in [0.25, 0.3) is 0 Å². The summed E-state index contributed by atoms with van der Waals surface area (Å²) in [4.78, 5) is 24.0. The van der Waals surface area contributed by atoms with E-state index in [1.165, 1.54) is 0 Å². The Hall–Kier alpha value is -2.08. The van der Waals surface area contributed by atoms with E-state index < -0.39 is 24.1 Å². The number of nitrogens with one attached hydrogen (secondary N) is 1. The molecule has 0 bridgehead atoms. The summed E-state index contributed by atoms with van der Waals surface area (Å²) < 4.78 is 0. The van der Waals surface area contributed by atoms with Crippen molar-refractivity contribution in [2.24, 2.45) is 0 Å². The molecule has 1 aliphatic heterocycles. The second-order valence-corrected chi connectivity index (χ2v) is 4.19. The van der Waals surface area contributed by atoms with Crippen LogP contribution >= 0.6 is 0 Å². The number of carbonyl (C=O) groups is 2. The van der Waals surface area contributed by atoms with Gasteiger partial charge in [0, 0.05) is 18.7 Å². The first kappa shape index (κ1) is 12.4. The minimum absolute atomic E-state index is 0.0373. The second kappa shape index (κ2) is 5.05. The third-order valence-electron chi connectivity index (χ3n) is 2.85. The van der Waals surface area contributed by atoms with E-state index in [1.54, 1.807) is 24.3 Å². The van der Waals surface area contributed by atoms with Crippen molar-refractivity contribution in [2.75, 3.05) is 11.9 Å². The van der Waals surface area contributed by atoms with Crippen molar-refractivity contribution in [3.8, 4) is 0 Å². The summed E-state index contributed by atoms with van der Waals surface area (Å²) in [7, 11) is 0. The lowest BCUT2D eigenvalue weighted by atomic mass is 10.2. The molecule has 0 spiro atoms. The molecule has 0 saturated carbocycles. The molecule has 3 N–H and O–H groups in total. The third-order valence-corrected chi connectivity index (χ3v) is 2.85. The lowest BCUT2D eigenvalue weighted by molar-refractivity contribution is -0.141. The van der Waals surface area contributed by atoms with Gasteiger partial charge in [0.15, 0.2) is 0 Å². The van der Waals surface area contributed by atoms with Gasteiger partial charge in [0.1, 0.15) is 6.04 Å². The smallest absolute Gasteiger partial charge is 0.326 e.